The molecular formula is C8H6BF3O5. The van der Waals surface area contributed by atoms with Gasteiger partial charge in [0, 0.05) is 0 Å². The van der Waals surface area contributed by atoms with Crippen molar-refractivity contribution in [2.45, 2.75) is 6.36 Å². The van der Waals surface area contributed by atoms with E-state index < -0.39 is 36.2 Å². The summed E-state index contributed by atoms with van der Waals surface area (Å²) < 4.78 is 39.2. The van der Waals surface area contributed by atoms with Gasteiger partial charge in [-0.15, -0.1) is 13.2 Å². The summed E-state index contributed by atoms with van der Waals surface area (Å²) in [5.41, 5.74) is -0.959. The third-order valence-electron chi connectivity index (χ3n) is 1.71. The van der Waals surface area contributed by atoms with E-state index in [2.05, 4.69) is 4.74 Å². The molecule has 0 unspecified atom stereocenters. The number of hydrogen-bond donors (Lipinski definition) is 3. The molecule has 0 aliphatic heterocycles. The number of alkyl halides is 3. The lowest BCUT2D eigenvalue weighted by Gasteiger charge is -2.11. The molecule has 0 heterocycles. The minimum absolute atomic E-state index is 0.413. The van der Waals surface area contributed by atoms with Gasteiger partial charge in [-0.1, -0.05) is 0 Å². The number of rotatable bonds is 3. The van der Waals surface area contributed by atoms with Crippen molar-refractivity contribution < 1.29 is 37.9 Å². The number of carbonyl (C=O) groups is 1. The van der Waals surface area contributed by atoms with E-state index in [9.17, 15) is 18.0 Å². The van der Waals surface area contributed by atoms with Crippen LogP contribution in [0.2, 0.25) is 0 Å². The van der Waals surface area contributed by atoms with Crippen molar-refractivity contribution in [1.29, 1.82) is 0 Å². The maximum Gasteiger partial charge on any atom is 0.573 e. The summed E-state index contributed by atoms with van der Waals surface area (Å²) in [6.45, 7) is 0. The maximum atomic E-state index is 11.9. The van der Waals surface area contributed by atoms with Crippen molar-refractivity contribution in [3.8, 4) is 5.75 Å². The minimum atomic E-state index is -4.99. The summed E-state index contributed by atoms with van der Waals surface area (Å²) in [6.07, 6.45) is -4.99. The highest BCUT2D eigenvalue weighted by Crippen LogP contribution is 2.22. The fourth-order valence-electron chi connectivity index (χ4n) is 1.09. The summed E-state index contributed by atoms with van der Waals surface area (Å²) in [5.74, 6) is -2.35. The van der Waals surface area contributed by atoms with E-state index in [4.69, 9.17) is 15.2 Å². The molecule has 0 fully saturated rings. The van der Waals surface area contributed by atoms with Gasteiger partial charge in [-0.3, -0.25) is 0 Å². The van der Waals surface area contributed by atoms with E-state index in [0.717, 1.165) is 6.07 Å². The molecule has 92 valence electrons. The van der Waals surface area contributed by atoms with Gasteiger partial charge in [0.15, 0.2) is 0 Å². The number of benzene rings is 1. The van der Waals surface area contributed by atoms with Crippen molar-refractivity contribution in [2.75, 3.05) is 0 Å². The van der Waals surface area contributed by atoms with Gasteiger partial charge >= 0.3 is 19.5 Å². The number of aromatic carboxylic acids is 1. The van der Waals surface area contributed by atoms with E-state index >= 15 is 0 Å². The molecule has 0 aliphatic rings. The summed E-state index contributed by atoms with van der Waals surface area (Å²) in [4.78, 5) is 10.6. The Labute approximate surface area is 93.2 Å². The van der Waals surface area contributed by atoms with Gasteiger partial charge in [0.2, 0.25) is 0 Å². The summed E-state index contributed by atoms with van der Waals surface area (Å²) in [6, 6.07) is 2.14. The first-order valence-electron chi connectivity index (χ1n) is 4.19. The molecule has 17 heavy (non-hydrogen) atoms. The lowest BCUT2D eigenvalue weighted by Crippen LogP contribution is -2.31. The lowest BCUT2D eigenvalue weighted by molar-refractivity contribution is -0.274. The van der Waals surface area contributed by atoms with E-state index in [1.807, 2.05) is 0 Å². The van der Waals surface area contributed by atoms with Crippen LogP contribution >= 0.6 is 0 Å². The first kappa shape index (κ1) is 13.3. The zero-order valence-corrected chi connectivity index (χ0v) is 8.10. The number of carboxylic acid groups (broad SMARTS) is 1. The zero-order valence-electron chi connectivity index (χ0n) is 8.10. The number of halogens is 3. The second kappa shape index (κ2) is 4.64. The van der Waals surface area contributed by atoms with Gasteiger partial charge in [-0.05, 0) is 23.7 Å². The molecular weight excluding hydrogens is 244 g/mol. The Morgan fingerprint density at radius 1 is 1.24 bits per heavy atom. The summed E-state index contributed by atoms with van der Waals surface area (Å²) >= 11 is 0. The predicted molar refractivity (Wildman–Crippen MR) is 49.9 cm³/mol. The van der Waals surface area contributed by atoms with E-state index in [1.165, 1.54) is 0 Å². The Morgan fingerprint density at radius 3 is 2.24 bits per heavy atom. The average Bonchev–Trinajstić information content (AvgIpc) is 2.14. The van der Waals surface area contributed by atoms with Crippen molar-refractivity contribution >= 4 is 18.6 Å². The Balaban J connectivity index is 3.17. The normalized spacial score (nSPS) is 11.1. The molecule has 1 aromatic carbocycles. The fourth-order valence-corrected chi connectivity index (χ4v) is 1.09. The summed E-state index contributed by atoms with van der Waals surface area (Å²) in [5, 5.41) is 26.2. The monoisotopic (exact) mass is 250 g/mol. The van der Waals surface area contributed by atoms with Gasteiger partial charge in [0.05, 0.1) is 5.56 Å². The first-order chi connectivity index (χ1) is 7.69. The Hall–Kier alpha value is -1.74. The Bertz CT molecular complexity index is 432. The zero-order chi connectivity index (χ0) is 13.2. The van der Waals surface area contributed by atoms with E-state index in [0.29, 0.717) is 12.1 Å². The molecule has 0 saturated heterocycles. The van der Waals surface area contributed by atoms with Crippen LogP contribution in [0.5, 0.6) is 5.75 Å². The SMILES string of the molecule is O=C(O)c1cc(OC(F)(F)F)cc(B(O)O)c1. The fraction of sp³-hybridized carbons (Fsp3) is 0.125. The van der Waals surface area contributed by atoms with Gasteiger partial charge < -0.3 is 19.9 Å². The topological polar surface area (TPSA) is 87.0 Å². The van der Waals surface area contributed by atoms with Crippen LogP contribution in [0, 0.1) is 0 Å². The van der Waals surface area contributed by atoms with Crippen molar-refractivity contribution in [1.82, 2.24) is 0 Å². The molecule has 0 saturated carbocycles. The standard InChI is InChI=1S/C8H6BF3O5/c10-8(11,12)17-6-2-4(7(13)14)1-5(3-6)9(15)16/h1-3,15-16H,(H,13,14). The third-order valence-corrected chi connectivity index (χ3v) is 1.71. The van der Waals surface area contributed by atoms with Gasteiger partial charge in [0.25, 0.3) is 0 Å². The Morgan fingerprint density at radius 2 is 1.82 bits per heavy atom. The quantitative estimate of drug-likeness (QED) is 0.655. The van der Waals surface area contributed by atoms with Gasteiger partial charge in [-0.25, -0.2) is 4.79 Å². The van der Waals surface area contributed by atoms with Crippen LogP contribution in [0.15, 0.2) is 18.2 Å². The van der Waals surface area contributed by atoms with E-state index in [1.54, 1.807) is 0 Å². The Kier molecular flexibility index (Phi) is 3.64. The molecule has 0 spiro atoms. The molecule has 0 aliphatic carbocycles. The average molecular weight is 250 g/mol. The second-order valence-corrected chi connectivity index (χ2v) is 3.02. The van der Waals surface area contributed by atoms with Gasteiger partial charge in [-0.2, -0.15) is 0 Å². The van der Waals surface area contributed by atoms with Crippen molar-refractivity contribution in [3.05, 3.63) is 23.8 Å². The number of hydrogen-bond acceptors (Lipinski definition) is 4. The smallest absolute Gasteiger partial charge is 0.478 e. The van der Waals surface area contributed by atoms with Crippen molar-refractivity contribution in [2.24, 2.45) is 0 Å². The molecule has 1 aromatic rings. The molecule has 0 aromatic heterocycles. The lowest BCUT2D eigenvalue weighted by atomic mass is 9.79. The third kappa shape index (κ3) is 3.96. The highest BCUT2D eigenvalue weighted by molar-refractivity contribution is 6.58. The largest absolute Gasteiger partial charge is 0.573 e. The molecule has 9 heteroatoms. The number of ether oxygens (including phenoxy) is 1. The second-order valence-electron chi connectivity index (χ2n) is 3.02. The highest BCUT2D eigenvalue weighted by Gasteiger charge is 2.32. The summed E-state index contributed by atoms with van der Waals surface area (Å²) in [7, 11) is -2.09. The predicted octanol–water partition coefficient (Wildman–Crippen LogP) is -0.0368. The molecule has 3 N–H and O–H groups in total. The van der Waals surface area contributed by atoms with E-state index in [-0.39, 0.29) is 0 Å². The van der Waals surface area contributed by atoms with Gasteiger partial charge in [0.1, 0.15) is 5.75 Å². The molecule has 0 amide bonds. The number of carboxylic acids is 1. The van der Waals surface area contributed by atoms with Crippen LogP contribution in [0.1, 0.15) is 10.4 Å². The minimum Gasteiger partial charge on any atom is -0.478 e. The maximum absolute atomic E-state index is 11.9. The molecule has 0 radical (unpaired) electrons. The van der Waals surface area contributed by atoms with Crippen LogP contribution in [0.4, 0.5) is 13.2 Å². The molecule has 1 rings (SSSR count). The van der Waals surface area contributed by atoms with Crippen LogP contribution in [-0.4, -0.2) is 34.6 Å². The van der Waals surface area contributed by atoms with Crippen LogP contribution < -0.4 is 10.2 Å². The van der Waals surface area contributed by atoms with Crippen molar-refractivity contribution in [3.63, 3.8) is 0 Å². The molecule has 0 bridgehead atoms. The molecule has 5 nitrogen and oxygen atoms in total. The van der Waals surface area contributed by atoms with Crippen LogP contribution in [-0.2, 0) is 0 Å². The van der Waals surface area contributed by atoms with Crippen LogP contribution in [0.3, 0.4) is 0 Å². The first-order valence-corrected chi connectivity index (χ1v) is 4.19. The highest BCUT2D eigenvalue weighted by atomic mass is 19.4. The molecule has 0 atom stereocenters. The van der Waals surface area contributed by atoms with Crippen LogP contribution in [0.25, 0.3) is 0 Å².